The maximum atomic E-state index is 14.3. The van der Waals surface area contributed by atoms with Crippen LogP contribution in [0, 0.1) is 18.6 Å². The molecular weight excluding hydrogens is 302 g/mol. The normalized spacial score (nSPS) is 15.3. The van der Waals surface area contributed by atoms with Gasteiger partial charge in [0, 0.05) is 19.2 Å². The van der Waals surface area contributed by atoms with Gasteiger partial charge < -0.3 is 15.2 Å². The zero-order valence-corrected chi connectivity index (χ0v) is 13.1. The summed E-state index contributed by atoms with van der Waals surface area (Å²) < 4.78 is 29.6. The third kappa shape index (κ3) is 2.72. The Hall–Kier alpha value is -2.28. The molecule has 0 unspecified atom stereocenters. The van der Waals surface area contributed by atoms with E-state index >= 15 is 0 Å². The average molecular weight is 320 g/mol. The molecule has 0 bridgehead atoms. The maximum absolute atomic E-state index is 14.3. The predicted octanol–water partition coefficient (Wildman–Crippen LogP) is 2.07. The van der Waals surface area contributed by atoms with E-state index in [1.807, 2.05) is 11.6 Å². The number of primary amides is 1. The minimum Gasteiger partial charge on any atom is -0.364 e. The minimum atomic E-state index is -0.700. The summed E-state index contributed by atoms with van der Waals surface area (Å²) >= 11 is 0. The van der Waals surface area contributed by atoms with Crippen LogP contribution in [0.25, 0.3) is 11.4 Å². The molecule has 1 aliphatic rings. The second-order valence-corrected chi connectivity index (χ2v) is 5.92. The van der Waals surface area contributed by atoms with E-state index in [-0.39, 0.29) is 11.3 Å². The highest BCUT2D eigenvalue weighted by Gasteiger charge is 2.26. The molecule has 0 radical (unpaired) electrons. The van der Waals surface area contributed by atoms with Gasteiger partial charge in [-0.3, -0.25) is 4.79 Å². The van der Waals surface area contributed by atoms with Crippen molar-refractivity contribution < 1.29 is 13.6 Å². The van der Waals surface area contributed by atoms with Gasteiger partial charge in [-0.1, -0.05) is 0 Å². The Bertz CT molecular complexity index is 785. The Morgan fingerprint density at radius 3 is 2.70 bits per heavy atom. The first-order valence-corrected chi connectivity index (χ1v) is 7.42. The number of rotatable bonds is 2. The van der Waals surface area contributed by atoms with Crippen LogP contribution >= 0.6 is 0 Å². The highest BCUT2D eigenvalue weighted by atomic mass is 19.1. The van der Waals surface area contributed by atoms with Crippen LogP contribution in [0.5, 0.6) is 0 Å². The third-order valence-corrected chi connectivity index (χ3v) is 4.14. The maximum Gasteiger partial charge on any atom is 0.269 e. The molecule has 1 aliphatic heterocycles. The van der Waals surface area contributed by atoms with Gasteiger partial charge in [0.1, 0.15) is 17.5 Å². The Morgan fingerprint density at radius 2 is 2.00 bits per heavy atom. The molecule has 2 heterocycles. The number of hydrogen-bond acceptors (Lipinski definition) is 3. The molecule has 1 aromatic heterocycles. The lowest BCUT2D eigenvalue weighted by molar-refractivity contribution is 0.0994. The molecule has 3 rings (SSSR count). The quantitative estimate of drug-likeness (QED) is 0.921. The summed E-state index contributed by atoms with van der Waals surface area (Å²) in [6, 6.07) is 2.26. The number of benzene rings is 1. The van der Waals surface area contributed by atoms with Gasteiger partial charge >= 0.3 is 0 Å². The highest BCUT2D eigenvalue weighted by Crippen LogP contribution is 2.29. The summed E-state index contributed by atoms with van der Waals surface area (Å²) in [4.78, 5) is 18.0. The second-order valence-electron chi connectivity index (χ2n) is 5.92. The van der Waals surface area contributed by atoms with E-state index in [2.05, 4.69) is 9.88 Å². The first-order valence-electron chi connectivity index (χ1n) is 7.42. The first-order chi connectivity index (χ1) is 10.9. The van der Waals surface area contributed by atoms with Gasteiger partial charge in [0.2, 0.25) is 0 Å². The topological polar surface area (TPSA) is 64.1 Å². The van der Waals surface area contributed by atoms with Crippen LogP contribution in [0.15, 0.2) is 12.1 Å². The summed E-state index contributed by atoms with van der Waals surface area (Å²) in [6.45, 7) is 3.52. The third-order valence-electron chi connectivity index (χ3n) is 4.14. The number of nitrogens with zero attached hydrogens (tertiary/aromatic N) is 3. The predicted molar refractivity (Wildman–Crippen MR) is 81.8 cm³/mol. The number of aromatic nitrogens is 2. The molecule has 23 heavy (non-hydrogen) atoms. The molecule has 0 spiro atoms. The van der Waals surface area contributed by atoms with Crippen LogP contribution in [0.2, 0.25) is 0 Å². The van der Waals surface area contributed by atoms with Crippen LogP contribution in [0.4, 0.5) is 8.78 Å². The molecule has 122 valence electrons. The number of hydrogen-bond donors (Lipinski definition) is 1. The molecular formula is C16H18F2N4O. The minimum absolute atomic E-state index is 0.148. The number of halogens is 2. The lowest BCUT2D eigenvalue weighted by Crippen LogP contribution is -2.21. The molecule has 2 N–H and O–H groups in total. The van der Waals surface area contributed by atoms with E-state index < -0.39 is 17.5 Å². The van der Waals surface area contributed by atoms with Gasteiger partial charge in [-0.2, -0.15) is 0 Å². The Morgan fingerprint density at radius 1 is 1.26 bits per heavy atom. The second kappa shape index (κ2) is 5.73. The molecule has 7 heteroatoms. The fraction of sp³-hybridized carbons (Fsp3) is 0.375. The van der Waals surface area contributed by atoms with E-state index in [9.17, 15) is 13.6 Å². The van der Waals surface area contributed by atoms with Crippen LogP contribution in [0.3, 0.4) is 0 Å². The zero-order chi connectivity index (χ0) is 16.7. The van der Waals surface area contributed by atoms with Crippen LogP contribution < -0.4 is 5.73 Å². The summed E-state index contributed by atoms with van der Waals surface area (Å²) in [5, 5.41) is 0. The molecule has 5 nitrogen and oxygen atoms in total. The van der Waals surface area contributed by atoms with Gasteiger partial charge in [0.25, 0.3) is 5.91 Å². The SMILES string of the molecule is Cc1cc(-c2nc(C(N)=O)c3n2CCCN(C)C3)c(F)cc1F. The fourth-order valence-corrected chi connectivity index (χ4v) is 2.95. The number of carbonyl (C=O) groups excluding carboxylic acids is 1. The van der Waals surface area contributed by atoms with Crippen LogP contribution in [-0.4, -0.2) is 34.0 Å². The van der Waals surface area contributed by atoms with Crippen molar-refractivity contribution in [2.45, 2.75) is 26.4 Å². The standard InChI is InChI=1S/C16H18F2N4O/c1-9-6-10(12(18)7-11(9)17)16-20-14(15(19)23)13-8-21(2)4-3-5-22(13)16/h6-7H,3-5,8H2,1-2H3,(H2,19,23). The van der Waals surface area contributed by atoms with Crippen molar-refractivity contribution in [3.05, 3.63) is 40.7 Å². The van der Waals surface area contributed by atoms with Gasteiger partial charge in [0.15, 0.2) is 5.69 Å². The highest BCUT2D eigenvalue weighted by molar-refractivity contribution is 5.93. The first kappa shape index (κ1) is 15.6. The lowest BCUT2D eigenvalue weighted by Gasteiger charge is -2.12. The van der Waals surface area contributed by atoms with Crippen LogP contribution in [0.1, 0.15) is 28.2 Å². The van der Waals surface area contributed by atoms with E-state index in [0.717, 1.165) is 19.0 Å². The van der Waals surface area contributed by atoms with Crippen molar-refractivity contribution in [3.63, 3.8) is 0 Å². The molecule has 0 saturated heterocycles. The number of carbonyl (C=O) groups is 1. The van der Waals surface area contributed by atoms with Gasteiger partial charge in [-0.15, -0.1) is 0 Å². The number of amides is 1. The van der Waals surface area contributed by atoms with Crippen molar-refractivity contribution in [3.8, 4) is 11.4 Å². The molecule has 1 aromatic carbocycles. The Balaban J connectivity index is 2.23. The molecule has 0 fully saturated rings. The molecule has 0 atom stereocenters. The monoisotopic (exact) mass is 320 g/mol. The van der Waals surface area contributed by atoms with Crippen molar-refractivity contribution in [2.75, 3.05) is 13.6 Å². The fourth-order valence-electron chi connectivity index (χ4n) is 2.95. The smallest absolute Gasteiger partial charge is 0.269 e. The molecule has 1 amide bonds. The van der Waals surface area contributed by atoms with E-state index in [1.165, 1.54) is 6.07 Å². The van der Waals surface area contributed by atoms with Gasteiger partial charge in [-0.05, 0) is 38.6 Å². The summed E-state index contributed by atoms with van der Waals surface area (Å²) in [6.07, 6.45) is 0.840. The van der Waals surface area contributed by atoms with Crippen molar-refractivity contribution in [1.82, 2.24) is 14.5 Å². The number of fused-ring (bicyclic) bond motifs is 1. The summed E-state index contributed by atoms with van der Waals surface area (Å²) in [5.41, 5.74) is 6.76. The number of nitrogens with two attached hydrogens (primary N) is 1. The van der Waals surface area contributed by atoms with E-state index in [1.54, 1.807) is 6.92 Å². The largest absolute Gasteiger partial charge is 0.364 e. The Labute approximate surface area is 132 Å². The van der Waals surface area contributed by atoms with E-state index in [4.69, 9.17) is 5.73 Å². The molecule has 2 aromatic rings. The van der Waals surface area contributed by atoms with E-state index in [0.29, 0.717) is 30.2 Å². The average Bonchev–Trinajstić information content (AvgIpc) is 2.70. The summed E-state index contributed by atoms with van der Waals surface area (Å²) in [5.74, 6) is -1.63. The lowest BCUT2D eigenvalue weighted by atomic mass is 10.1. The van der Waals surface area contributed by atoms with Crippen molar-refractivity contribution >= 4 is 5.91 Å². The van der Waals surface area contributed by atoms with Gasteiger partial charge in [0.05, 0.1) is 11.3 Å². The van der Waals surface area contributed by atoms with Gasteiger partial charge in [-0.25, -0.2) is 13.8 Å². The number of imidazole rings is 1. The molecule has 0 aliphatic carbocycles. The van der Waals surface area contributed by atoms with Crippen LogP contribution in [-0.2, 0) is 13.1 Å². The zero-order valence-electron chi connectivity index (χ0n) is 13.1. The van der Waals surface area contributed by atoms with Crippen molar-refractivity contribution in [1.29, 1.82) is 0 Å². The Kier molecular flexibility index (Phi) is 3.89. The summed E-state index contributed by atoms with van der Waals surface area (Å²) in [7, 11) is 1.94. The molecule has 0 saturated carbocycles. The van der Waals surface area contributed by atoms with Crippen molar-refractivity contribution in [2.24, 2.45) is 5.73 Å². The number of aryl methyl sites for hydroxylation is 1.